The van der Waals surface area contributed by atoms with Crippen LogP contribution in [0.4, 0.5) is 0 Å². The highest BCUT2D eigenvalue weighted by Crippen LogP contribution is 2.33. The van der Waals surface area contributed by atoms with Crippen LogP contribution in [-0.4, -0.2) is 12.2 Å². The normalized spacial score (nSPS) is 20.0. The molecule has 0 aromatic rings. The fourth-order valence-corrected chi connectivity index (χ4v) is 0.803. The minimum Gasteiger partial charge on any atom is -0.402 e. The molecule has 0 heterocycles. The first-order chi connectivity index (χ1) is 5.24. The molecule has 1 amide bonds. The molecule has 0 radical (unpaired) electrons. The molecule has 0 aromatic heterocycles. The second kappa shape index (κ2) is 3.18. The summed E-state index contributed by atoms with van der Waals surface area (Å²) in [6.07, 6.45) is 4.20. The summed E-state index contributed by atoms with van der Waals surface area (Å²) >= 11 is 0. The van der Waals surface area contributed by atoms with E-state index in [1.54, 1.807) is 6.08 Å². The van der Waals surface area contributed by atoms with E-state index in [1.807, 2.05) is 0 Å². The number of carbonyl (C=O) groups excluding carboxylic acids is 1. The van der Waals surface area contributed by atoms with Gasteiger partial charge in [0.05, 0.1) is 0 Å². The Labute approximate surface area is 65.0 Å². The summed E-state index contributed by atoms with van der Waals surface area (Å²) in [6.45, 7) is 0. The zero-order chi connectivity index (χ0) is 8.27. The van der Waals surface area contributed by atoms with Crippen molar-refractivity contribution in [2.45, 2.75) is 12.8 Å². The number of aliphatic imine (C=N–C) groups is 1. The monoisotopic (exact) mass is 153 g/mol. The number of nitrogens with two attached hydrogens (primary N) is 2. The zero-order valence-electron chi connectivity index (χ0n) is 6.16. The molecule has 1 saturated carbocycles. The minimum absolute atomic E-state index is 0.185. The molecule has 0 aliphatic heterocycles. The molecule has 1 fully saturated rings. The fourth-order valence-electron chi connectivity index (χ4n) is 0.803. The molecule has 1 rings (SSSR count). The molecule has 0 spiro atoms. The number of amides is 1. The van der Waals surface area contributed by atoms with Crippen LogP contribution in [0.25, 0.3) is 0 Å². The van der Waals surface area contributed by atoms with Gasteiger partial charge in [-0.2, -0.15) is 4.99 Å². The summed E-state index contributed by atoms with van der Waals surface area (Å²) in [6, 6.07) is 0. The number of amidine groups is 1. The lowest BCUT2D eigenvalue weighted by Crippen LogP contribution is -2.12. The van der Waals surface area contributed by atoms with Gasteiger partial charge in [0.15, 0.2) is 0 Å². The third-order valence-electron chi connectivity index (χ3n) is 1.57. The molecule has 1 aliphatic carbocycles. The molecule has 0 unspecified atom stereocenters. The van der Waals surface area contributed by atoms with Crippen LogP contribution in [-0.2, 0) is 4.79 Å². The Balaban J connectivity index is 2.54. The summed E-state index contributed by atoms with van der Waals surface area (Å²) < 4.78 is 0. The first kappa shape index (κ1) is 7.78. The summed E-state index contributed by atoms with van der Waals surface area (Å²) in [5.41, 5.74) is 11.6. The van der Waals surface area contributed by atoms with Gasteiger partial charge < -0.3 is 11.5 Å². The van der Waals surface area contributed by atoms with Crippen molar-refractivity contribution >= 4 is 12.2 Å². The van der Waals surface area contributed by atoms with E-state index in [1.165, 1.54) is 0 Å². The average Bonchev–Trinajstić information content (AvgIpc) is 2.67. The topological polar surface area (TPSA) is 81.5 Å². The van der Waals surface area contributed by atoms with Crippen LogP contribution in [0, 0.1) is 5.92 Å². The van der Waals surface area contributed by atoms with Gasteiger partial charge in [0.25, 0.3) is 0 Å². The largest absolute Gasteiger partial charge is 0.402 e. The maximum Gasteiger partial charge on any atom is 0.234 e. The van der Waals surface area contributed by atoms with E-state index >= 15 is 0 Å². The Hall–Kier alpha value is -1.32. The van der Waals surface area contributed by atoms with Crippen molar-refractivity contribution in [3.8, 4) is 0 Å². The van der Waals surface area contributed by atoms with Crippen molar-refractivity contribution in [1.82, 2.24) is 0 Å². The van der Waals surface area contributed by atoms with Crippen LogP contribution in [0.15, 0.2) is 16.8 Å². The van der Waals surface area contributed by atoms with E-state index in [9.17, 15) is 4.79 Å². The maximum atomic E-state index is 9.84. The summed E-state index contributed by atoms with van der Waals surface area (Å²) in [7, 11) is 0. The number of rotatable bonds is 3. The van der Waals surface area contributed by atoms with Gasteiger partial charge in [0.2, 0.25) is 6.41 Å². The van der Waals surface area contributed by atoms with Gasteiger partial charge in [-0.25, -0.2) is 0 Å². The lowest BCUT2D eigenvalue weighted by atomic mass is 10.3. The van der Waals surface area contributed by atoms with Crippen LogP contribution in [0.3, 0.4) is 0 Å². The minimum atomic E-state index is 0.185. The number of hydrogen-bond acceptors (Lipinski definition) is 2. The van der Waals surface area contributed by atoms with Gasteiger partial charge >= 0.3 is 0 Å². The number of carbonyl (C=O) groups is 1. The van der Waals surface area contributed by atoms with Gasteiger partial charge in [-0.15, -0.1) is 0 Å². The van der Waals surface area contributed by atoms with E-state index < -0.39 is 0 Å². The Morgan fingerprint density at radius 1 is 1.45 bits per heavy atom. The van der Waals surface area contributed by atoms with E-state index in [0.717, 1.165) is 18.5 Å². The highest BCUT2D eigenvalue weighted by atomic mass is 16.1. The molecule has 0 aromatic carbocycles. The first-order valence-corrected chi connectivity index (χ1v) is 3.48. The van der Waals surface area contributed by atoms with Crippen molar-refractivity contribution in [1.29, 1.82) is 0 Å². The standard InChI is InChI=1S/C7H11N3O/c8-6(5-1-2-5)3-7(9)10-4-11/h3-5H,1-2,8H2,(H2,9,10,11)/b6-3-. The Morgan fingerprint density at radius 2 is 2.09 bits per heavy atom. The van der Waals surface area contributed by atoms with Crippen molar-refractivity contribution in [3.05, 3.63) is 11.8 Å². The molecular weight excluding hydrogens is 142 g/mol. The van der Waals surface area contributed by atoms with Gasteiger partial charge in [-0.3, -0.25) is 4.79 Å². The van der Waals surface area contributed by atoms with Gasteiger partial charge in [-0.1, -0.05) is 0 Å². The molecule has 4 N–H and O–H groups in total. The van der Waals surface area contributed by atoms with Crippen LogP contribution >= 0.6 is 0 Å². The van der Waals surface area contributed by atoms with E-state index in [-0.39, 0.29) is 5.84 Å². The lowest BCUT2D eigenvalue weighted by Gasteiger charge is -1.94. The van der Waals surface area contributed by atoms with Crippen molar-refractivity contribution in [2.24, 2.45) is 22.4 Å². The smallest absolute Gasteiger partial charge is 0.234 e. The summed E-state index contributed by atoms with van der Waals surface area (Å²) in [5, 5.41) is 0. The molecular formula is C7H11N3O. The number of allylic oxidation sites excluding steroid dienone is 1. The highest BCUT2D eigenvalue weighted by Gasteiger charge is 2.23. The summed E-state index contributed by atoms with van der Waals surface area (Å²) in [4.78, 5) is 13.2. The average molecular weight is 153 g/mol. The van der Waals surface area contributed by atoms with Gasteiger partial charge in [0, 0.05) is 5.70 Å². The molecule has 0 bridgehead atoms. The second-order valence-corrected chi connectivity index (χ2v) is 2.58. The molecule has 11 heavy (non-hydrogen) atoms. The summed E-state index contributed by atoms with van der Waals surface area (Å²) in [5.74, 6) is 0.653. The molecule has 4 nitrogen and oxygen atoms in total. The van der Waals surface area contributed by atoms with Crippen molar-refractivity contribution in [2.75, 3.05) is 0 Å². The van der Waals surface area contributed by atoms with E-state index in [4.69, 9.17) is 11.5 Å². The number of nitrogens with zero attached hydrogens (tertiary/aromatic N) is 1. The molecule has 0 saturated heterocycles. The molecule has 4 heteroatoms. The Bertz CT molecular complexity index is 216. The molecule has 0 atom stereocenters. The van der Waals surface area contributed by atoms with Gasteiger partial charge in [0.1, 0.15) is 5.84 Å². The highest BCUT2D eigenvalue weighted by molar-refractivity contribution is 5.95. The zero-order valence-corrected chi connectivity index (χ0v) is 6.16. The predicted molar refractivity (Wildman–Crippen MR) is 42.7 cm³/mol. The SMILES string of the molecule is NC(/C=C(\N)C1CC1)=NC=O. The second-order valence-electron chi connectivity index (χ2n) is 2.58. The lowest BCUT2D eigenvalue weighted by molar-refractivity contribution is -0.106. The third-order valence-corrected chi connectivity index (χ3v) is 1.57. The Kier molecular flexibility index (Phi) is 2.25. The van der Waals surface area contributed by atoms with Crippen molar-refractivity contribution < 1.29 is 4.79 Å². The van der Waals surface area contributed by atoms with Gasteiger partial charge in [-0.05, 0) is 24.8 Å². The fraction of sp³-hybridized carbons (Fsp3) is 0.429. The molecule has 60 valence electrons. The quantitative estimate of drug-likeness (QED) is 0.333. The van der Waals surface area contributed by atoms with Crippen LogP contribution in [0.5, 0.6) is 0 Å². The Morgan fingerprint density at radius 3 is 2.55 bits per heavy atom. The van der Waals surface area contributed by atoms with Crippen molar-refractivity contribution in [3.63, 3.8) is 0 Å². The maximum absolute atomic E-state index is 9.84. The van der Waals surface area contributed by atoms with E-state index in [2.05, 4.69) is 4.99 Å². The number of hydrogen-bond donors (Lipinski definition) is 2. The molecule has 1 aliphatic rings. The first-order valence-electron chi connectivity index (χ1n) is 3.48. The third kappa shape index (κ3) is 2.41. The van der Waals surface area contributed by atoms with E-state index in [0.29, 0.717) is 12.3 Å². The predicted octanol–water partition coefficient (Wildman–Crippen LogP) is -0.247. The van der Waals surface area contributed by atoms with Crippen LogP contribution in [0.1, 0.15) is 12.8 Å². The van der Waals surface area contributed by atoms with Crippen LogP contribution in [0.2, 0.25) is 0 Å². The van der Waals surface area contributed by atoms with Crippen LogP contribution < -0.4 is 11.5 Å².